The molecule has 0 rings (SSSR count). The molecular formula is C6H24FeN6Na4O10. The first-order chi connectivity index (χ1) is 6.00. The Morgan fingerprint density at radius 2 is 0.259 bits per heavy atom. The van der Waals surface area contributed by atoms with Gasteiger partial charge in [0.25, 0.3) is 0 Å². The average Bonchev–Trinajstić information content (AvgIpc) is 2.33. The first kappa shape index (κ1) is 412. The van der Waals surface area contributed by atoms with Gasteiger partial charge in [0.15, 0.2) is 0 Å². The second-order valence-electron chi connectivity index (χ2n) is 0. The van der Waals surface area contributed by atoms with Crippen molar-refractivity contribution in [2.45, 2.75) is 0 Å². The predicted octanol–water partition coefficient (Wildman–Crippen LogP) is -19.2. The van der Waals surface area contributed by atoms with Gasteiger partial charge in [0.1, 0.15) is 0 Å². The van der Waals surface area contributed by atoms with E-state index < -0.39 is 0 Å². The first-order valence-corrected chi connectivity index (χ1v) is 1.34. The van der Waals surface area contributed by atoms with Crippen LogP contribution in [0.15, 0.2) is 0 Å². The fourth-order valence-electron chi connectivity index (χ4n) is 0. The van der Waals surface area contributed by atoms with Crippen molar-refractivity contribution in [2.24, 2.45) is 0 Å². The summed E-state index contributed by atoms with van der Waals surface area (Å²) in [5, 5.41) is 37.5. The Hall–Kier alpha value is 1.06. The summed E-state index contributed by atoms with van der Waals surface area (Å²) in [6.07, 6.45) is 0. The second kappa shape index (κ2) is 16400. The summed E-state index contributed by atoms with van der Waals surface area (Å²) in [5.41, 5.74) is 0. The van der Waals surface area contributed by atoms with Gasteiger partial charge in [0.2, 0.25) is 0 Å². The van der Waals surface area contributed by atoms with Gasteiger partial charge < -0.3 is 131 Å². The van der Waals surface area contributed by atoms with Crippen LogP contribution in [0.3, 0.4) is 0 Å². The zero-order valence-electron chi connectivity index (χ0n) is 19.0. The standard InChI is InChI=1S/6CN.Fe.4Na.10H2O.4H/c6*1-2;;;;;;;;;;;;;;;;;;;/h;;;;;;;;;;;10*1H2;;;;/q6*-1;+6;4*+1;;;;;;;;;;;4*-1. The molecule has 0 amide bonds. The molecule has 27 heavy (non-hydrogen) atoms. The van der Waals surface area contributed by atoms with Gasteiger partial charge in [0, 0.05) is 0 Å². The van der Waals surface area contributed by atoms with Crippen molar-refractivity contribution in [2.75, 3.05) is 0 Å². The Balaban J connectivity index is -0.000000000540. The van der Waals surface area contributed by atoms with Crippen LogP contribution >= 0.6 is 0 Å². The molecule has 0 radical (unpaired) electrons. The molecule has 150 valence electrons. The molecule has 0 bridgehead atoms. The Labute approximate surface area is 263 Å². The molecule has 0 heterocycles. The van der Waals surface area contributed by atoms with Gasteiger partial charge in [-0.3, -0.25) is 0 Å². The van der Waals surface area contributed by atoms with E-state index in [-0.39, 0.29) is 196 Å². The predicted molar refractivity (Wildman–Crippen MR) is 70.4 cm³/mol. The van der Waals surface area contributed by atoms with Gasteiger partial charge in [-0.05, 0) is 0 Å². The van der Waals surface area contributed by atoms with Crippen molar-refractivity contribution in [3.05, 3.63) is 39.4 Å². The summed E-state index contributed by atoms with van der Waals surface area (Å²) < 4.78 is 0. The molecule has 0 saturated carbocycles. The van der Waals surface area contributed by atoms with Crippen molar-refractivity contribution < 1.29 is 196 Å². The van der Waals surface area contributed by atoms with E-state index in [0.717, 1.165) is 0 Å². The molecule has 0 aliphatic heterocycles. The molecule has 0 aromatic rings. The molecule has 0 aliphatic carbocycles. The minimum Gasteiger partial charge on any atom is -1.00 e. The molecule has 0 aromatic carbocycles. The Morgan fingerprint density at radius 1 is 0.259 bits per heavy atom. The molecule has 16 nitrogen and oxygen atoms in total. The zero-order valence-corrected chi connectivity index (χ0v) is 24.1. The fourth-order valence-corrected chi connectivity index (χ4v) is 0. The molecule has 0 unspecified atom stereocenters. The molecular weight excluding hydrogens is 464 g/mol. The van der Waals surface area contributed by atoms with Crippen LogP contribution in [-0.2, 0) is 17.1 Å². The van der Waals surface area contributed by atoms with Crippen LogP contribution in [0.5, 0.6) is 0 Å². The van der Waals surface area contributed by atoms with E-state index in [0.29, 0.717) is 0 Å². The van der Waals surface area contributed by atoms with Crippen LogP contribution in [0.2, 0.25) is 0 Å². The van der Waals surface area contributed by atoms with Gasteiger partial charge in [-0.2, -0.15) is 0 Å². The minimum atomic E-state index is 0. The van der Waals surface area contributed by atoms with Crippen LogP contribution in [0.4, 0.5) is 0 Å². The third-order valence-corrected chi connectivity index (χ3v) is 0. The SMILES string of the molecule is O.O.O.O.O.O.O.O.O.O.[C-]#N.[C-]#N.[C-]#N.[C-]#N.[C-]#N.[C-]#N.[Fe+6].[H-].[H-].[H-].[H-].[Na+].[Na+].[Na+].[Na+]. The summed E-state index contributed by atoms with van der Waals surface area (Å²) in [4.78, 5) is 0. The van der Waals surface area contributed by atoms with E-state index in [1.807, 2.05) is 0 Å². The second-order valence-corrected chi connectivity index (χ2v) is 0. The number of hydrogen-bond donors (Lipinski definition) is 0. The Bertz CT molecular complexity index is 148. The number of nitrogens with zero attached hydrogens (tertiary/aromatic N) is 6. The summed E-state index contributed by atoms with van der Waals surface area (Å²) in [5.74, 6) is 0. The maximum atomic E-state index is 6.25. The molecule has 0 spiro atoms. The molecule has 20 N–H and O–H groups in total. The van der Waals surface area contributed by atoms with Gasteiger partial charge in [0.05, 0.1) is 0 Å². The molecule has 0 atom stereocenters. The average molecular weight is 488 g/mol. The number of hydrogen-bond acceptors (Lipinski definition) is 6. The summed E-state index contributed by atoms with van der Waals surface area (Å²) in [6.45, 7) is 28.5. The Morgan fingerprint density at radius 3 is 0.259 bits per heavy atom. The molecule has 0 fully saturated rings. The fraction of sp³-hybridized carbons (Fsp3) is 0. The monoisotopic (exact) mass is 488 g/mol. The Kier molecular flexibility index (Phi) is 250000. The summed E-state index contributed by atoms with van der Waals surface area (Å²) in [6, 6.07) is 0. The van der Waals surface area contributed by atoms with Crippen LogP contribution in [-0.4, -0.2) is 54.8 Å². The largest absolute Gasteiger partial charge is 6.00 e. The van der Waals surface area contributed by atoms with E-state index in [1.54, 1.807) is 0 Å². The first-order valence-electron chi connectivity index (χ1n) is 1.34. The van der Waals surface area contributed by atoms with Crippen LogP contribution < -0.4 is 118 Å². The van der Waals surface area contributed by atoms with Crippen molar-refractivity contribution in [1.29, 1.82) is 31.6 Å². The van der Waals surface area contributed by atoms with Crippen LogP contribution in [0, 0.1) is 71.0 Å². The quantitative estimate of drug-likeness (QED) is 0.235. The van der Waals surface area contributed by atoms with Crippen LogP contribution in [0.25, 0.3) is 0 Å². The van der Waals surface area contributed by atoms with E-state index in [2.05, 4.69) is 0 Å². The van der Waals surface area contributed by atoms with Crippen molar-refractivity contribution >= 4 is 0 Å². The summed E-state index contributed by atoms with van der Waals surface area (Å²) >= 11 is 0. The topological polar surface area (TPSA) is 458 Å². The van der Waals surface area contributed by atoms with E-state index in [9.17, 15) is 0 Å². The molecule has 0 saturated heterocycles. The maximum Gasteiger partial charge on any atom is 6.00 e. The van der Waals surface area contributed by atoms with Gasteiger partial charge in [-0.15, -0.1) is 0 Å². The zero-order chi connectivity index (χ0) is 12.0. The third-order valence-electron chi connectivity index (χ3n) is 0. The van der Waals surface area contributed by atoms with E-state index in [1.165, 1.54) is 0 Å². The van der Waals surface area contributed by atoms with Crippen molar-refractivity contribution in [1.82, 2.24) is 0 Å². The van der Waals surface area contributed by atoms with Crippen molar-refractivity contribution in [3.63, 3.8) is 0 Å². The van der Waals surface area contributed by atoms with Gasteiger partial charge >= 0.3 is 135 Å². The third kappa shape index (κ3) is 15100. The van der Waals surface area contributed by atoms with E-state index in [4.69, 9.17) is 71.0 Å². The molecule has 0 aromatic heterocycles. The normalized spacial score (nSPS) is 0.444. The molecule has 0 aliphatic rings. The van der Waals surface area contributed by atoms with Crippen molar-refractivity contribution in [3.8, 4) is 0 Å². The number of rotatable bonds is 0. The minimum absolute atomic E-state index is 0. The maximum absolute atomic E-state index is 6.25. The molecule has 21 heteroatoms. The smallest absolute Gasteiger partial charge is 1.00 e. The van der Waals surface area contributed by atoms with Gasteiger partial charge in [-0.1, -0.05) is 0 Å². The van der Waals surface area contributed by atoms with E-state index >= 15 is 0 Å². The van der Waals surface area contributed by atoms with Crippen LogP contribution in [0.1, 0.15) is 5.71 Å². The summed E-state index contributed by atoms with van der Waals surface area (Å²) in [7, 11) is 0. The van der Waals surface area contributed by atoms with Gasteiger partial charge in [-0.25, -0.2) is 0 Å².